The molecule has 0 amide bonds. The van der Waals surface area contributed by atoms with Crippen molar-refractivity contribution in [1.29, 1.82) is 0 Å². The number of hydrogen-bond donors (Lipinski definition) is 0. The number of benzene rings is 11. The van der Waals surface area contributed by atoms with Crippen LogP contribution in [0.5, 0.6) is 0 Å². The van der Waals surface area contributed by atoms with Crippen LogP contribution in [0.3, 0.4) is 0 Å². The second kappa shape index (κ2) is 17.3. The average Bonchev–Trinajstić information content (AvgIpc) is 4.33. The molecule has 2 aromatic heterocycles. The lowest BCUT2D eigenvalue weighted by atomic mass is 9.80. The molecular formula is C79H60N2. The lowest BCUT2D eigenvalue weighted by Crippen LogP contribution is -2.15. The van der Waals surface area contributed by atoms with E-state index < -0.39 is 0 Å². The summed E-state index contributed by atoms with van der Waals surface area (Å²) in [4.78, 5) is 0. The van der Waals surface area contributed by atoms with Gasteiger partial charge in [0, 0.05) is 49.2 Å². The largest absolute Gasteiger partial charge is 0.309 e. The van der Waals surface area contributed by atoms with Crippen molar-refractivity contribution in [3.05, 3.63) is 286 Å². The first-order chi connectivity index (χ1) is 39.4. The molecule has 0 saturated carbocycles. The van der Waals surface area contributed by atoms with Crippen molar-refractivity contribution < 1.29 is 0 Å². The molecule has 3 aliphatic rings. The van der Waals surface area contributed by atoms with Gasteiger partial charge in [0.25, 0.3) is 0 Å². The van der Waals surface area contributed by atoms with Crippen molar-refractivity contribution in [2.75, 3.05) is 0 Å². The minimum absolute atomic E-state index is 0.0638. The second-order valence-electron chi connectivity index (χ2n) is 24.5. The molecule has 13 aromatic rings. The summed E-state index contributed by atoms with van der Waals surface area (Å²) in [6, 6.07) is 86.5. The maximum absolute atomic E-state index is 2.47. The summed E-state index contributed by atoms with van der Waals surface area (Å²) >= 11 is 0. The molecule has 0 atom stereocenters. The van der Waals surface area contributed by atoms with Crippen molar-refractivity contribution in [2.45, 2.75) is 57.8 Å². The number of rotatable bonds is 7. The average molecular weight is 1040 g/mol. The van der Waals surface area contributed by atoms with Crippen molar-refractivity contribution in [1.82, 2.24) is 9.13 Å². The van der Waals surface area contributed by atoms with Gasteiger partial charge in [-0.25, -0.2) is 0 Å². The first kappa shape index (κ1) is 47.5. The van der Waals surface area contributed by atoms with Crippen LogP contribution in [0, 0.1) is 0 Å². The highest BCUT2D eigenvalue weighted by Gasteiger charge is 2.39. The van der Waals surface area contributed by atoms with Crippen LogP contribution >= 0.6 is 0 Å². The minimum Gasteiger partial charge on any atom is -0.309 e. The predicted molar refractivity (Wildman–Crippen MR) is 344 cm³/mol. The zero-order valence-corrected chi connectivity index (χ0v) is 46.6. The Morgan fingerprint density at radius 3 is 1.14 bits per heavy atom. The first-order valence-corrected chi connectivity index (χ1v) is 28.7. The molecule has 0 fully saturated rings. The molecule has 0 bridgehead atoms. The SMILES string of the molecule is CC1(C)c2cc(/C=C/c3ccc4c(c3)c3ccccc3n4-c3ccccc3)ccc2-c2ccc(-c3ccc4c(c3)C(C)(C)c3cc(/C=C/c5ccc6c(c5)c5ccccc5n6-c5ccc6c(c5)C(C)(C)c5ccccc5-6)ccc3-4)cc21. The molecule has 3 aliphatic carbocycles. The Bertz CT molecular complexity index is 4890. The van der Waals surface area contributed by atoms with Crippen LogP contribution < -0.4 is 0 Å². The Labute approximate surface area is 474 Å². The fourth-order valence-corrected chi connectivity index (χ4v) is 14.6. The van der Waals surface area contributed by atoms with E-state index in [0.29, 0.717) is 0 Å². The summed E-state index contributed by atoms with van der Waals surface area (Å²) in [6.07, 6.45) is 9.13. The normalized spacial score (nSPS) is 15.0. The third-order valence-corrected chi connectivity index (χ3v) is 18.9. The maximum atomic E-state index is 2.47. The Morgan fingerprint density at radius 1 is 0.247 bits per heavy atom. The van der Waals surface area contributed by atoms with Crippen molar-refractivity contribution >= 4 is 67.9 Å². The van der Waals surface area contributed by atoms with Crippen molar-refractivity contribution in [2.24, 2.45) is 0 Å². The highest BCUT2D eigenvalue weighted by molar-refractivity contribution is 6.11. The van der Waals surface area contributed by atoms with E-state index in [1.807, 2.05) is 0 Å². The topological polar surface area (TPSA) is 9.86 Å². The zero-order chi connectivity index (χ0) is 54.5. The fraction of sp³-hybridized carbons (Fsp3) is 0.114. The Hall–Kier alpha value is -9.50. The van der Waals surface area contributed by atoms with Gasteiger partial charge in [-0.05, 0) is 173 Å². The molecule has 0 N–H and O–H groups in total. The number of nitrogens with zero attached hydrogens (tertiary/aromatic N) is 2. The van der Waals surface area contributed by atoms with Crippen LogP contribution in [-0.2, 0) is 16.2 Å². The molecule has 0 spiro atoms. The van der Waals surface area contributed by atoms with Gasteiger partial charge in [0.05, 0.1) is 22.1 Å². The summed E-state index contributed by atoms with van der Waals surface area (Å²) in [5.74, 6) is 0. The summed E-state index contributed by atoms with van der Waals surface area (Å²) in [5, 5.41) is 5.07. The zero-order valence-electron chi connectivity index (χ0n) is 46.6. The van der Waals surface area contributed by atoms with E-state index in [1.165, 1.54) is 155 Å². The van der Waals surface area contributed by atoms with E-state index in [1.54, 1.807) is 0 Å². The van der Waals surface area contributed by atoms with Crippen LogP contribution in [0.4, 0.5) is 0 Å². The first-order valence-electron chi connectivity index (χ1n) is 28.7. The summed E-state index contributed by atoms with van der Waals surface area (Å²) in [5.41, 5.74) is 30.6. The number of hydrogen-bond acceptors (Lipinski definition) is 0. The van der Waals surface area contributed by atoms with E-state index >= 15 is 0 Å². The molecule has 0 saturated heterocycles. The summed E-state index contributed by atoms with van der Waals surface area (Å²) < 4.78 is 4.83. The van der Waals surface area contributed by atoms with E-state index in [9.17, 15) is 0 Å². The predicted octanol–water partition coefficient (Wildman–Crippen LogP) is 20.8. The summed E-state index contributed by atoms with van der Waals surface area (Å²) in [6.45, 7) is 14.3. The molecule has 2 heterocycles. The lowest BCUT2D eigenvalue weighted by Gasteiger charge is -2.23. The molecule has 11 aromatic carbocycles. The van der Waals surface area contributed by atoms with Gasteiger partial charge in [-0.15, -0.1) is 0 Å². The molecule has 16 rings (SSSR count). The molecule has 0 unspecified atom stereocenters. The standard InChI is InChI=1S/C79H60N2/c1-77(2)67-21-13-10-18-57(67)62-39-34-56(48-72(62)77)81-74-23-15-12-20-64(74)66-43-50(31-41-76(66)81)25-27-52-29-36-59-61-38-33-54(47-71(61)79(5,6)69(59)45-52)53-32-37-60-58-35-28-51(44-68(58)78(3,4)70(60)46-53)26-24-49-30-40-75-65(42-49)63-19-11-14-22-73(63)80(75)55-16-8-7-9-17-55/h7-48H,1-6H3/b26-24+,27-25+. The molecule has 2 heteroatoms. The smallest absolute Gasteiger partial charge is 0.0541 e. The van der Waals surface area contributed by atoms with E-state index in [2.05, 4.69) is 306 Å². The monoisotopic (exact) mass is 1040 g/mol. The van der Waals surface area contributed by atoms with E-state index in [0.717, 1.165) is 0 Å². The Balaban J connectivity index is 0.659. The maximum Gasteiger partial charge on any atom is 0.0541 e. The number of para-hydroxylation sites is 3. The van der Waals surface area contributed by atoms with Gasteiger partial charge in [-0.2, -0.15) is 0 Å². The lowest BCUT2D eigenvalue weighted by molar-refractivity contribution is 0.659. The van der Waals surface area contributed by atoms with Crippen LogP contribution in [0.1, 0.15) is 97.2 Å². The van der Waals surface area contributed by atoms with Gasteiger partial charge in [-0.1, -0.05) is 224 Å². The second-order valence-corrected chi connectivity index (χ2v) is 24.5. The van der Waals surface area contributed by atoms with Gasteiger partial charge < -0.3 is 9.13 Å². The van der Waals surface area contributed by atoms with Crippen molar-refractivity contribution in [3.63, 3.8) is 0 Å². The van der Waals surface area contributed by atoms with Crippen LogP contribution in [0.25, 0.3) is 124 Å². The van der Waals surface area contributed by atoms with E-state index in [4.69, 9.17) is 0 Å². The minimum atomic E-state index is -0.163. The molecule has 386 valence electrons. The molecular weight excluding hydrogens is 977 g/mol. The number of fused-ring (bicyclic) bond motifs is 15. The third kappa shape index (κ3) is 7.06. The van der Waals surface area contributed by atoms with Crippen LogP contribution in [0.2, 0.25) is 0 Å². The molecule has 0 aliphatic heterocycles. The van der Waals surface area contributed by atoms with Crippen LogP contribution in [-0.4, -0.2) is 9.13 Å². The number of aromatic nitrogens is 2. The van der Waals surface area contributed by atoms with Gasteiger partial charge in [-0.3, -0.25) is 0 Å². The molecule has 81 heavy (non-hydrogen) atoms. The highest BCUT2D eigenvalue weighted by atomic mass is 15.0. The van der Waals surface area contributed by atoms with Gasteiger partial charge in [0.1, 0.15) is 0 Å². The third-order valence-electron chi connectivity index (χ3n) is 18.9. The summed E-state index contributed by atoms with van der Waals surface area (Å²) in [7, 11) is 0. The van der Waals surface area contributed by atoms with E-state index in [-0.39, 0.29) is 16.2 Å². The van der Waals surface area contributed by atoms with Gasteiger partial charge in [0.2, 0.25) is 0 Å². The Morgan fingerprint density at radius 2 is 0.605 bits per heavy atom. The highest BCUT2D eigenvalue weighted by Crippen LogP contribution is 2.54. The molecule has 0 radical (unpaired) electrons. The van der Waals surface area contributed by atoms with Gasteiger partial charge in [0.15, 0.2) is 0 Å². The quantitative estimate of drug-likeness (QED) is 0.141. The van der Waals surface area contributed by atoms with Crippen molar-refractivity contribution in [3.8, 4) is 55.9 Å². The fourth-order valence-electron chi connectivity index (χ4n) is 14.6. The molecule has 2 nitrogen and oxygen atoms in total. The van der Waals surface area contributed by atoms with Crippen LogP contribution in [0.15, 0.2) is 231 Å². The Kier molecular flexibility index (Phi) is 10.1. The van der Waals surface area contributed by atoms with Gasteiger partial charge >= 0.3 is 0 Å².